The Balaban J connectivity index is 1.48. The Kier molecular flexibility index (Phi) is 7.01. The quantitative estimate of drug-likeness (QED) is 0.715. The zero-order valence-corrected chi connectivity index (χ0v) is 16.6. The number of benzene rings is 1. The molecule has 1 aliphatic carbocycles. The number of likely N-dealkylation sites (N-methyl/N-ethyl adjacent to an activating group) is 1. The topological polar surface area (TPSA) is 61.4 Å². The first-order valence-corrected chi connectivity index (χ1v) is 10.4. The summed E-state index contributed by atoms with van der Waals surface area (Å²) in [5.41, 5.74) is 1.45. The van der Waals surface area contributed by atoms with E-state index in [4.69, 9.17) is 0 Å². The normalized spacial score (nSPS) is 15.3. The van der Waals surface area contributed by atoms with Gasteiger partial charge in [-0.1, -0.05) is 31.7 Å². The van der Waals surface area contributed by atoms with Gasteiger partial charge in [0.05, 0.1) is 11.4 Å². The minimum atomic E-state index is -0.119. The van der Waals surface area contributed by atoms with E-state index >= 15 is 0 Å². The van der Waals surface area contributed by atoms with Crippen LogP contribution in [0.5, 0.6) is 0 Å². The van der Waals surface area contributed by atoms with Gasteiger partial charge >= 0.3 is 0 Å². The maximum atomic E-state index is 12.3. The lowest BCUT2D eigenvalue weighted by atomic mass is 10.1. The highest BCUT2D eigenvalue weighted by Crippen LogP contribution is 2.21. The second kappa shape index (κ2) is 9.67. The van der Waals surface area contributed by atoms with E-state index in [0.29, 0.717) is 23.2 Å². The summed E-state index contributed by atoms with van der Waals surface area (Å²) in [6.07, 6.45) is 7.51. The fraction of sp³-hybridized carbons (Fsp3) is 0.429. The Morgan fingerprint density at radius 1 is 1.00 bits per heavy atom. The van der Waals surface area contributed by atoms with Crippen molar-refractivity contribution < 1.29 is 9.59 Å². The smallest absolute Gasteiger partial charge is 0.265 e. The third-order valence-corrected chi connectivity index (χ3v) is 5.88. The summed E-state index contributed by atoms with van der Waals surface area (Å²) in [4.78, 5) is 27.3. The number of carbonyl (C=O) groups excluding carboxylic acids is 2. The average Bonchev–Trinajstić information content (AvgIpc) is 3.06. The number of hydrogen-bond acceptors (Lipinski definition) is 4. The first-order chi connectivity index (χ1) is 13.1. The van der Waals surface area contributed by atoms with E-state index in [1.807, 2.05) is 30.6 Å². The number of carbonyl (C=O) groups is 2. The van der Waals surface area contributed by atoms with E-state index in [0.717, 1.165) is 5.69 Å². The molecule has 0 unspecified atom stereocenters. The van der Waals surface area contributed by atoms with E-state index in [1.165, 1.54) is 49.9 Å². The van der Waals surface area contributed by atoms with Crippen molar-refractivity contribution in [3.05, 3.63) is 46.7 Å². The van der Waals surface area contributed by atoms with Crippen molar-refractivity contribution >= 4 is 34.5 Å². The molecular formula is C21H27N3O2S. The largest absolute Gasteiger partial charge is 0.325 e. The fourth-order valence-corrected chi connectivity index (χ4v) is 4.11. The molecule has 1 saturated carbocycles. The summed E-state index contributed by atoms with van der Waals surface area (Å²) < 4.78 is 0. The molecule has 0 bridgehead atoms. The van der Waals surface area contributed by atoms with Gasteiger partial charge in [-0.05, 0) is 55.6 Å². The second-order valence-electron chi connectivity index (χ2n) is 7.12. The highest BCUT2D eigenvalue weighted by Gasteiger charge is 2.19. The lowest BCUT2D eigenvalue weighted by Crippen LogP contribution is -2.37. The first-order valence-electron chi connectivity index (χ1n) is 9.57. The second-order valence-corrected chi connectivity index (χ2v) is 8.07. The van der Waals surface area contributed by atoms with Crippen LogP contribution in [0.2, 0.25) is 0 Å². The van der Waals surface area contributed by atoms with Crippen LogP contribution in [0.15, 0.2) is 41.8 Å². The summed E-state index contributed by atoms with van der Waals surface area (Å²) in [6.45, 7) is 0.404. The maximum absolute atomic E-state index is 12.3. The standard InChI is InChI=1S/C21H27N3O2S/c1-24(18-7-4-2-3-5-8-18)15-20(25)22-16-10-12-17(13-11-16)23-21(26)19-9-6-14-27-19/h6,9-14,18H,2-5,7-8,15H2,1H3,(H,22,25)(H,23,26). The SMILES string of the molecule is CN(CC(=O)Nc1ccc(NC(=O)c2cccs2)cc1)C1CCCCCC1. The number of anilines is 2. The molecule has 6 heteroatoms. The molecule has 5 nitrogen and oxygen atoms in total. The number of amides is 2. The molecule has 1 aliphatic rings. The molecule has 2 aromatic rings. The lowest BCUT2D eigenvalue weighted by Gasteiger charge is -2.26. The first kappa shape index (κ1) is 19.6. The van der Waals surface area contributed by atoms with Crippen LogP contribution >= 0.6 is 11.3 Å². The van der Waals surface area contributed by atoms with Crippen LogP contribution in [0, 0.1) is 0 Å². The molecule has 1 fully saturated rings. The molecule has 1 aromatic carbocycles. The predicted molar refractivity (Wildman–Crippen MR) is 111 cm³/mol. The van der Waals surface area contributed by atoms with Crippen LogP contribution in [0.1, 0.15) is 48.2 Å². The monoisotopic (exact) mass is 385 g/mol. The zero-order valence-electron chi connectivity index (χ0n) is 15.7. The molecule has 3 rings (SSSR count). The van der Waals surface area contributed by atoms with Crippen molar-refractivity contribution in [2.45, 2.75) is 44.6 Å². The molecule has 1 heterocycles. The number of hydrogen-bond donors (Lipinski definition) is 2. The molecule has 1 aromatic heterocycles. The van der Waals surface area contributed by atoms with Crippen molar-refractivity contribution in [3.63, 3.8) is 0 Å². The predicted octanol–water partition coefficient (Wildman–Crippen LogP) is 4.59. The van der Waals surface area contributed by atoms with Crippen LogP contribution in [-0.2, 0) is 4.79 Å². The van der Waals surface area contributed by atoms with Gasteiger partial charge in [-0.25, -0.2) is 0 Å². The van der Waals surface area contributed by atoms with Crippen LogP contribution in [-0.4, -0.2) is 36.3 Å². The number of nitrogens with one attached hydrogen (secondary N) is 2. The van der Waals surface area contributed by atoms with Gasteiger partial charge in [-0.2, -0.15) is 0 Å². The maximum Gasteiger partial charge on any atom is 0.265 e. The molecule has 2 amide bonds. The van der Waals surface area contributed by atoms with Crippen LogP contribution in [0.25, 0.3) is 0 Å². The molecule has 0 spiro atoms. The Morgan fingerprint density at radius 3 is 2.22 bits per heavy atom. The van der Waals surface area contributed by atoms with E-state index in [-0.39, 0.29) is 11.8 Å². The van der Waals surface area contributed by atoms with Crippen LogP contribution in [0.4, 0.5) is 11.4 Å². The summed E-state index contributed by atoms with van der Waals surface area (Å²) in [5, 5.41) is 7.68. The number of thiophene rings is 1. The minimum Gasteiger partial charge on any atom is -0.325 e. The van der Waals surface area contributed by atoms with E-state index in [1.54, 1.807) is 18.2 Å². The summed E-state index contributed by atoms with van der Waals surface area (Å²) in [7, 11) is 2.04. The van der Waals surface area contributed by atoms with Gasteiger partial charge in [-0.15, -0.1) is 11.3 Å². The highest BCUT2D eigenvalue weighted by atomic mass is 32.1. The highest BCUT2D eigenvalue weighted by molar-refractivity contribution is 7.12. The minimum absolute atomic E-state index is 0.00267. The van der Waals surface area contributed by atoms with E-state index in [2.05, 4.69) is 15.5 Å². The Labute approximate surface area is 164 Å². The van der Waals surface area contributed by atoms with Gasteiger partial charge < -0.3 is 10.6 Å². The van der Waals surface area contributed by atoms with Gasteiger partial charge in [0.2, 0.25) is 5.91 Å². The zero-order chi connectivity index (χ0) is 19.1. The summed E-state index contributed by atoms with van der Waals surface area (Å²) in [6, 6.07) is 11.4. The lowest BCUT2D eigenvalue weighted by molar-refractivity contribution is -0.117. The van der Waals surface area contributed by atoms with Gasteiger partial charge in [0.1, 0.15) is 0 Å². The Morgan fingerprint density at radius 2 is 1.63 bits per heavy atom. The number of nitrogens with zero attached hydrogens (tertiary/aromatic N) is 1. The van der Waals surface area contributed by atoms with Crippen molar-refractivity contribution in [3.8, 4) is 0 Å². The molecule has 2 N–H and O–H groups in total. The third kappa shape index (κ3) is 5.91. The molecule has 0 aliphatic heterocycles. The molecule has 144 valence electrons. The number of rotatable bonds is 6. The third-order valence-electron chi connectivity index (χ3n) is 5.01. The summed E-state index contributed by atoms with van der Waals surface area (Å²) >= 11 is 1.41. The van der Waals surface area contributed by atoms with Crippen LogP contribution in [0.3, 0.4) is 0 Å². The average molecular weight is 386 g/mol. The fourth-order valence-electron chi connectivity index (χ4n) is 3.49. The molecule has 0 saturated heterocycles. The van der Waals surface area contributed by atoms with Gasteiger partial charge in [0.25, 0.3) is 5.91 Å². The Hall–Kier alpha value is -2.18. The van der Waals surface area contributed by atoms with E-state index in [9.17, 15) is 9.59 Å². The van der Waals surface area contributed by atoms with E-state index < -0.39 is 0 Å². The van der Waals surface area contributed by atoms with Gasteiger partial charge in [-0.3, -0.25) is 14.5 Å². The van der Waals surface area contributed by atoms with Crippen molar-refractivity contribution in [1.29, 1.82) is 0 Å². The van der Waals surface area contributed by atoms with Crippen molar-refractivity contribution in [2.24, 2.45) is 0 Å². The van der Waals surface area contributed by atoms with Gasteiger partial charge in [0, 0.05) is 17.4 Å². The summed E-state index contributed by atoms with van der Waals surface area (Å²) in [5.74, 6) is -0.121. The van der Waals surface area contributed by atoms with Crippen LogP contribution < -0.4 is 10.6 Å². The Bertz CT molecular complexity index is 735. The molecule has 0 atom stereocenters. The molecular weight excluding hydrogens is 358 g/mol. The molecule has 27 heavy (non-hydrogen) atoms. The van der Waals surface area contributed by atoms with Crippen molar-refractivity contribution in [2.75, 3.05) is 24.2 Å². The van der Waals surface area contributed by atoms with Crippen molar-refractivity contribution in [1.82, 2.24) is 4.90 Å². The van der Waals surface area contributed by atoms with Gasteiger partial charge in [0.15, 0.2) is 0 Å². The molecule has 0 radical (unpaired) electrons.